The predicted octanol–water partition coefficient (Wildman–Crippen LogP) is 0.890. The molecule has 25 heavy (non-hydrogen) atoms. The lowest BCUT2D eigenvalue weighted by Gasteiger charge is -2.11. The van der Waals surface area contributed by atoms with E-state index in [1.54, 1.807) is 20.8 Å². The van der Waals surface area contributed by atoms with Gasteiger partial charge in [-0.3, -0.25) is 4.79 Å². The van der Waals surface area contributed by atoms with Gasteiger partial charge in [0.15, 0.2) is 0 Å². The van der Waals surface area contributed by atoms with Gasteiger partial charge in [-0.2, -0.15) is 9.36 Å². The number of aryl methyl sites for hydroxylation is 2. The molecule has 0 aromatic carbocycles. The number of hydrogen-bond acceptors (Lipinski definition) is 7. The van der Waals surface area contributed by atoms with E-state index in [9.17, 15) is 25.0 Å². The summed E-state index contributed by atoms with van der Waals surface area (Å²) in [5.74, 6) is -0.950. The van der Waals surface area contributed by atoms with Crippen LogP contribution in [0.3, 0.4) is 0 Å². The van der Waals surface area contributed by atoms with Gasteiger partial charge in [0.1, 0.15) is 6.04 Å². The van der Waals surface area contributed by atoms with Crippen LogP contribution in [0.15, 0.2) is 12.1 Å². The lowest BCUT2D eigenvalue weighted by atomic mass is 10.3. The van der Waals surface area contributed by atoms with Crippen LogP contribution in [0.25, 0.3) is 0 Å². The molecule has 0 aliphatic rings. The largest absolute Gasteiger partial charge is 0.390 e. The molecule has 1 unspecified atom stereocenters. The Bertz CT molecular complexity index is 825. The Morgan fingerprint density at radius 3 is 2.24 bits per heavy atom. The molecule has 0 radical (unpaired) electrons. The molecule has 1 atom stereocenters. The van der Waals surface area contributed by atoms with Crippen molar-refractivity contribution in [2.75, 3.05) is 6.54 Å². The van der Waals surface area contributed by atoms with Crippen molar-refractivity contribution in [3.63, 3.8) is 0 Å². The van der Waals surface area contributed by atoms with E-state index >= 15 is 0 Å². The number of aromatic nitrogens is 4. The molecule has 0 spiro atoms. The maximum absolute atomic E-state index is 12.2. The average Bonchev–Trinajstić information content (AvgIpc) is 3.10. The van der Waals surface area contributed by atoms with E-state index in [1.165, 1.54) is 21.5 Å². The molecular formula is C13H17N7O5. The minimum Gasteiger partial charge on any atom is -0.358 e. The standard InChI is InChI=1S/C13H17N7O5/c1-8-6-11(19(22)23)15-17(8)5-4-14-13(21)10(3)18-9(2)7-12(16-18)20(24)25/h6-7,10H,4-5H2,1-3H3,(H,14,21). The van der Waals surface area contributed by atoms with Gasteiger partial charge in [-0.25, -0.2) is 0 Å². The Hall–Kier alpha value is -3.31. The van der Waals surface area contributed by atoms with Crippen LogP contribution in [0.2, 0.25) is 0 Å². The maximum atomic E-state index is 12.2. The molecule has 1 N–H and O–H groups in total. The summed E-state index contributed by atoms with van der Waals surface area (Å²) in [6.07, 6.45) is 0. The van der Waals surface area contributed by atoms with Gasteiger partial charge < -0.3 is 25.5 Å². The van der Waals surface area contributed by atoms with Crippen molar-refractivity contribution in [2.24, 2.45) is 0 Å². The van der Waals surface area contributed by atoms with E-state index in [0.717, 1.165) is 0 Å². The Morgan fingerprint density at radius 1 is 1.16 bits per heavy atom. The average molecular weight is 351 g/mol. The monoisotopic (exact) mass is 351 g/mol. The fourth-order valence-corrected chi connectivity index (χ4v) is 2.30. The highest BCUT2D eigenvalue weighted by Crippen LogP contribution is 2.16. The van der Waals surface area contributed by atoms with Gasteiger partial charge in [-0.1, -0.05) is 0 Å². The molecule has 134 valence electrons. The van der Waals surface area contributed by atoms with Gasteiger partial charge in [0.2, 0.25) is 5.91 Å². The molecule has 0 aliphatic carbocycles. The zero-order valence-electron chi connectivity index (χ0n) is 13.9. The van der Waals surface area contributed by atoms with Gasteiger partial charge in [0.05, 0.1) is 40.3 Å². The lowest BCUT2D eigenvalue weighted by Crippen LogP contribution is -2.34. The van der Waals surface area contributed by atoms with E-state index in [-0.39, 0.29) is 30.6 Å². The van der Waals surface area contributed by atoms with E-state index in [4.69, 9.17) is 0 Å². The molecule has 2 heterocycles. The first-order chi connectivity index (χ1) is 11.7. The van der Waals surface area contributed by atoms with Crippen LogP contribution in [0.1, 0.15) is 24.4 Å². The number of nitrogens with one attached hydrogen (secondary N) is 1. The third-order valence-electron chi connectivity index (χ3n) is 3.62. The van der Waals surface area contributed by atoms with Crippen molar-refractivity contribution in [3.05, 3.63) is 43.7 Å². The van der Waals surface area contributed by atoms with Gasteiger partial charge in [-0.05, 0) is 30.6 Å². The van der Waals surface area contributed by atoms with Crippen molar-refractivity contribution in [1.29, 1.82) is 0 Å². The van der Waals surface area contributed by atoms with Crippen LogP contribution < -0.4 is 5.32 Å². The van der Waals surface area contributed by atoms with Crippen LogP contribution in [-0.2, 0) is 11.3 Å². The topological polar surface area (TPSA) is 151 Å². The summed E-state index contributed by atoms with van der Waals surface area (Å²) in [5.41, 5.74) is 1.10. The highest BCUT2D eigenvalue weighted by atomic mass is 16.6. The second-order valence-electron chi connectivity index (χ2n) is 5.44. The van der Waals surface area contributed by atoms with Crippen LogP contribution in [0.5, 0.6) is 0 Å². The molecule has 2 aromatic heterocycles. The van der Waals surface area contributed by atoms with Crippen molar-refractivity contribution in [3.8, 4) is 0 Å². The SMILES string of the molecule is Cc1cc([N+](=O)[O-])nn1CCNC(=O)C(C)n1nc([N+](=O)[O-])cc1C. The van der Waals surface area contributed by atoms with Crippen LogP contribution in [0.4, 0.5) is 11.6 Å². The first-order valence-electron chi connectivity index (χ1n) is 7.37. The second-order valence-corrected chi connectivity index (χ2v) is 5.44. The van der Waals surface area contributed by atoms with Gasteiger partial charge in [0.25, 0.3) is 0 Å². The third-order valence-corrected chi connectivity index (χ3v) is 3.62. The van der Waals surface area contributed by atoms with Gasteiger partial charge >= 0.3 is 11.6 Å². The number of hydrogen-bond donors (Lipinski definition) is 1. The molecule has 0 fully saturated rings. The summed E-state index contributed by atoms with van der Waals surface area (Å²) in [6.45, 7) is 5.33. The van der Waals surface area contributed by atoms with Crippen LogP contribution in [-0.4, -0.2) is 41.9 Å². The van der Waals surface area contributed by atoms with Crippen molar-refractivity contribution in [2.45, 2.75) is 33.4 Å². The summed E-state index contributed by atoms with van der Waals surface area (Å²) in [7, 11) is 0. The summed E-state index contributed by atoms with van der Waals surface area (Å²) < 4.78 is 2.70. The molecular weight excluding hydrogens is 334 g/mol. The first kappa shape index (κ1) is 18.0. The molecule has 0 saturated carbocycles. The minimum absolute atomic E-state index is 0.200. The van der Waals surface area contributed by atoms with E-state index in [0.29, 0.717) is 11.4 Å². The van der Waals surface area contributed by atoms with Crippen molar-refractivity contribution < 1.29 is 14.6 Å². The fourth-order valence-electron chi connectivity index (χ4n) is 2.30. The number of nitrogens with zero attached hydrogens (tertiary/aromatic N) is 6. The highest BCUT2D eigenvalue weighted by Gasteiger charge is 2.24. The Balaban J connectivity index is 1.96. The Kier molecular flexibility index (Phi) is 5.10. The number of carbonyl (C=O) groups is 1. The Morgan fingerprint density at radius 2 is 1.72 bits per heavy atom. The van der Waals surface area contributed by atoms with Crippen LogP contribution in [0, 0.1) is 34.1 Å². The summed E-state index contributed by atoms with van der Waals surface area (Å²) in [4.78, 5) is 32.4. The van der Waals surface area contributed by atoms with E-state index in [1.807, 2.05) is 0 Å². The van der Waals surface area contributed by atoms with E-state index < -0.39 is 15.9 Å². The maximum Gasteiger partial charge on any atom is 0.390 e. The van der Waals surface area contributed by atoms with Gasteiger partial charge in [0, 0.05) is 6.54 Å². The summed E-state index contributed by atoms with van der Waals surface area (Å²) in [6, 6.07) is 1.90. The number of carbonyl (C=O) groups excluding carboxylic acids is 1. The number of amides is 1. The number of nitro groups is 2. The quantitative estimate of drug-likeness (QED) is 0.574. The molecule has 2 rings (SSSR count). The van der Waals surface area contributed by atoms with Crippen molar-refractivity contribution in [1.82, 2.24) is 24.9 Å². The molecule has 12 heteroatoms. The minimum atomic E-state index is -0.734. The summed E-state index contributed by atoms with van der Waals surface area (Å²) >= 11 is 0. The van der Waals surface area contributed by atoms with Gasteiger partial charge in [-0.15, -0.1) is 0 Å². The normalized spacial score (nSPS) is 12.0. The van der Waals surface area contributed by atoms with Crippen LogP contribution >= 0.6 is 0 Å². The lowest BCUT2D eigenvalue weighted by molar-refractivity contribution is -0.390. The van der Waals surface area contributed by atoms with E-state index in [2.05, 4.69) is 15.5 Å². The first-order valence-corrected chi connectivity index (χ1v) is 7.37. The zero-order chi connectivity index (χ0) is 18.7. The summed E-state index contributed by atoms with van der Waals surface area (Å²) in [5, 5.41) is 31.7. The van der Waals surface area contributed by atoms with Crippen molar-refractivity contribution >= 4 is 17.5 Å². The second kappa shape index (κ2) is 7.07. The molecule has 2 aromatic rings. The molecule has 1 amide bonds. The Labute approximate surface area is 141 Å². The molecule has 12 nitrogen and oxygen atoms in total. The zero-order valence-corrected chi connectivity index (χ0v) is 13.9. The molecule has 0 bridgehead atoms. The number of rotatable bonds is 7. The molecule has 0 saturated heterocycles. The fraction of sp³-hybridized carbons (Fsp3) is 0.462. The predicted molar refractivity (Wildman–Crippen MR) is 85.0 cm³/mol. The smallest absolute Gasteiger partial charge is 0.358 e. The third kappa shape index (κ3) is 3.97. The highest BCUT2D eigenvalue weighted by molar-refractivity contribution is 5.79. The molecule has 0 aliphatic heterocycles.